The minimum absolute atomic E-state index is 0.0832. The Morgan fingerprint density at radius 3 is 2.21 bits per heavy atom. The van der Waals surface area contributed by atoms with E-state index in [1.54, 1.807) is 19.2 Å². The van der Waals surface area contributed by atoms with E-state index in [2.05, 4.69) is 10.0 Å². The van der Waals surface area contributed by atoms with Crippen LogP contribution in [0.15, 0.2) is 77.7 Å². The molecule has 0 bridgehead atoms. The number of carbonyl (C=O) groups is 1. The largest absolute Gasteiger partial charge is 0.496 e. The first-order valence-electron chi connectivity index (χ1n) is 10.5. The fourth-order valence-electron chi connectivity index (χ4n) is 3.42. The molecule has 1 atom stereocenters. The number of hydrogen-bond acceptors (Lipinski definition) is 5. The number of amides is 1. The molecule has 3 rings (SSSR count). The summed E-state index contributed by atoms with van der Waals surface area (Å²) >= 11 is 0. The molecule has 0 aliphatic carbocycles. The van der Waals surface area contributed by atoms with Gasteiger partial charge in [0.05, 0.1) is 18.0 Å². The van der Waals surface area contributed by atoms with Gasteiger partial charge in [-0.25, -0.2) is 8.42 Å². The first-order chi connectivity index (χ1) is 15.7. The van der Waals surface area contributed by atoms with Gasteiger partial charge >= 0.3 is 0 Å². The third kappa shape index (κ3) is 6.12. The number of benzene rings is 3. The van der Waals surface area contributed by atoms with Crippen molar-refractivity contribution in [2.24, 2.45) is 0 Å². The van der Waals surface area contributed by atoms with Gasteiger partial charge < -0.3 is 15.0 Å². The van der Waals surface area contributed by atoms with E-state index in [9.17, 15) is 13.2 Å². The second-order valence-corrected chi connectivity index (χ2v) is 9.61. The zero-order valence-electron chi connectivity index (χ0n) is 19.2. The summed E-state index contributed by atoms with van der Waals surface area (Å²) in [5.74, 6) is 0.466. The van der Waals surface area contributed by atoms with E-state index in [1.165, 1.54) is 24.3 Å². The zero-order valence-corrected chi connectivity index (χ0v) is 20.0. The second-order valence-electron chi connectivity index (χ2n) is 7.93. The second kappa shape index (κ2) is 10.5. The molecular formula is C25H29N3O4S. The summed E-state index contributed by atoms with van der Waals surface area (Å²) in [5, 5.41) is 2.93. The molecule has 2 N–H and O–H groups in total. The van der Waals surface area contributed by atoms with Crippen LogP contribution in [0.2, 0.25) is 0 Å². The summed E-state index contributed by atoms with van der Waals surface area (Å²) in [7, 11) is 1.74. The number of carbonyl (C=O) groups excluding carboxylic acids is 1. The fourth-order valence-corrected chi connectivity index (χ4v) is 4.48. The number of likely N-dealkylation sites (N-methyl/N-ethyl adjacent to an activating group) is 1. The van der Waals surface area contributed by atoms with Crippen LogP contribution < -0.4 is 14.8 Å². The fraction of sp³-hybridized carbons (Fsp3) is 0.240. The molecule has 0 unspecified atom stereocenters. The van der Waals surface area contributed by atoms with E-state index in [0.717, 1.165) is 16.9 Å². The van der Waals surface area contributed by atoms with Gasteiger partial charge in [0, 0.05) is 23.4 Å². The van der Waals surface area contributed by atoms with Gasteiger partial charge in [-0.1, -0.05) is 35.9 Å². The average molecular weight is 468 g/mol. The Balaban J connectivity index is 1.68. The van der Waals surface area contributed by atoms with E-state index < -0.39 is 10.0 Å². The number of rotatable bonds is 9. The Labute approximate surface area is 195 Å². The Morgan fingerprint density at radius 1 is 0.970 bits per heavy atom. The average Bonchev–Trinajstić information content (AvgIpc) is 2.80. The van der Waals surface area contributed by atoms with E-state index in [-0.39, 0.29) is 16.8 Å². The van der Waals surface area contributed by atoms with E-state index in [1.807, 2.05) is 62.3 Å². The van der Waals surface area contributed by atoms with Crippen LogP contribution in [0.5, 0.6) is 5.75 Å². The topological polar surface area (TPSA) is 87.7 Å². The van der Waals surface area contributed by atoms with Gasteiger partial charge in [-0.15, -0.1) is 0 Å². The first-order valence-corrected chi connectivity index (χ1v) is 12.0. The monoisotopic (exact) mass is 467 g/mol. The standard InChI is InChI=1S/C25H29N3O4S/c1-18-9-13-20(14-10-18)27-33(30,31)21-15-11-19(12-16-21)25(29)26-17-23(28(2)3)22-7-5-6-8-24(22)32-4/h5-16,23,27H,17H2,1-4H3,(H,26,29)/t23-/m0/s1. The number of para-hydroxylation sites is 1. The van der Waals surface area contributed by atoms with Crippen LogP contribution in [0.1, 0.15) is 27.5 Å². The van der Waals surface area contributed by atoms with E-state index in [0.29, 0.717) is 17.8 Å². The van der Waals surface area contributed by atoms with Crippen molar-refractivity contribution in [1.82, 2.24) is 10.2 Å². The van der Waals surface area contributed by atoms with Crippen LogP contribution in [0.4, 0.5) is 5.69 Å². The third-order valence-corrected chi connectivity index (χ3v) is 6.71. The molecule has 3 aromatic rings. The van der Waals surface area contributed by atoms with Gasteiger partial charge in [0.25, 0.3) is 15.9 Å². The number of nitrogens with zero attached hydrogens (tertiary/aromatic N) is 1. The van der Waals surface area contributed by atoms with Crippen LogP contribution in [0.25, 0.3) is 0 Å². The molecule has 0 aromatic heterocycles. The number of anilines is 1. The van der Waals surface area contributed by atoms with Crippen LogP contribution in [0.3, 0.4) is 0 Å². The molecule has 3 aromatic carbocycles. The Kier molecular flexibility index (Phi) is 7.73. The van der Waals surface area contributed by atoms with Crippen LogP contribution in [-0.4, -0.2) is 47.0 Å². The summed E-state index contributed by atoms with van der Waals surface area (Å²) in [6, 6.07) is 20.5. The molecule has 33 heavy (non-hydrogen) atoms. The van der Waals surface area contributed by atoms with E-state index >= 15 is 0 Å². The van der Waals surface area contributed by atoms with Crippen LogP contribution >= 0.6 is 0 Å². The van der Waals surface area contributed by atoms with Gasteiger partial charge in [0.15, 0.2) is 0 Å². The maximum absolute atomic E-state index is 12.7. The molecule has 0 fully saturated rings. The van der Waals surface area contributed by atoms with Crippen molar-refractivity contribution in [2.75, 3.05) is 32.5 Å². The molecule has 0 saturated heterocycles. The molecule has 1 amide bonds. The lowest BCUT2D eigenvalue weighted by molar-refractivity contribution is 0.0941. The molecule has 0 aliphatic rings. The minimum atomic E-state index is -3.75. The number of methoxy groups -OCH3 is 1. The summed E-state index contributed by atoms with van der Waals surface area (Å²) in [4.78, 5) is 14.8. The maximum atomic E-state index is 12.7. The van der Waals surface area contributed by atoms with Crippen molar-refractivity contribution in [2.45, 2.75) is 17.9 Å². The molecule has 0 saturated carbocycles. The third-order valence-electron chi connectivity index (χ3n) is 5.31. The predicted molar refractivity (Wildman–Crippen MR) is 130 cm³/mol. The molecule has 0 spiro atoms. The molecule has 0 radical (unpaired) electrons. The molecule has 8 heteroatoms. The molecule has 174 valence electrons. The summed E-state index contributed by atoms with van der Waals surface area (Å²) in [5.41, 5.74) is 2.86. The smallest absolute Gasteiger partial charge is 0.261 e. The lowest BCUT2D eigenvalue weighted by atomic mass is 10.0. The lowest BCUT2D eigenvalue weighted by Gasteiger charge is -2.26. The van der Waals surface area contributed by atoms with E-state index in [4.69, 9.17) is 4.74 Å². The van der Waals surface area contributed by atoms with Crippen molar-refractivity contribution in [1.29, 1.82) is 0 Å². The Bertz CT molecular complexity index is 1190. The molecule has 0 heterocycles. The predicted octanol–water partition coefficient (Wildman–Crippen LogP) is 3.84. The quantitative estimate of drug-likeness (QED) is 0.499. The van der Waals surface area contributed by atoms with Gasteiger partial charge in [-0.05, 0) is 63.5 Å². The number of hydrogen-bond donors (Lipinski definition) is 2. The highest BCUT2D eigenvalue weighted by Gasteiger charge is 2.20. The number of sulfonamides is 1. The normalized spacial score (nSPS) is 12.3. The Hall–Kier alpha value is -3.36. The van der Waals surface area contributed by atoms with Gasteiger partial charge in [-0.3, -0.25) is 9.52 Å². The Morgan fingerprint density at radius 2 is 1.61 bits per heavy atom. The highest BCUT2D eigenvalue weighted by Crippen LogP contribution is 2.27. The van der Waals surface area contributed by atoms with Gasteiger partial charge in [0.2, 0.25) is 0 Å². The van der Waals surface area contributed by atoms with Crippen molar-refractivity contribution in [3.05, 3.63) is 89.5 Å². The molecular weight excluding hydrogens is 438 g/mol. The highest BCUT2D eigenvalue weighted by atomic mass is 32.2. The van der Waals surface area contributed by atoms with Crippen molar-refractivity contribution in [3.63, 3.8) is 0 Å². The van der Waals surface area contributed by atoms with Crippen molar-refractivity contribution < 1.29 is 17.9 Å². The SMILES string of the molecule is COc1ccccc1[C@H](CNC(=O)c1ccc(S(=O)(=O)Nc2ccc(C)cc2)cc1)N(C)C. The van der Waals surface area contributed by atoms with Gasteiger partial charge in [-0.2, -0.15) is 0 Å². The number of aryl methyl sites for hydroxylation is 1. The minimum Gasteiger partial charge on any atom is -0.496 e. The lowest BCUT2D eigenvalue weighted by Crippen LogP contribution is -2.34. The van der Waals surface area contributed by atoms with Crippen LogP contribution in [-0.2, 0) is 10.0 Å². The summed E-state index contributed by atoms with van der Waals surface area (Å²) < 4.78 is 33.3. The molecule has 0 aliphatic heterocycles. The van der Waals surface area contributed by atoms with Crippen molar-refractivity contribution in [3.8, 4) is 5.75 Å². The molecule has 7 nitrogen and oxygen atoms in total. The summed E-state index contributed by atoms with van der Waals surface area (Å²) in [6.07, 6.45) is 0. The zero-order chi connectivity index (χ0) is 24.0. The van der Waals surface area contributed by atoms with Crippen molar-refractivity contribution >= 4 is 21.6 Å². The van der Waals surface area contributed by atoms with Gasteiger partial charge in [0.1, 0.15) is 5.75 Å². The maximum Gasteiger partial charge on any atom is 0.261 e. The number of ether oxygens (including phenoxy) is 1. The van der Waals surface area contributed by atoms with Crippen LogP contribution in [0, 0.1) is 6.92 Å². The highest BCUT2D eigenvalue weighted by molar-refractivity contribution is 7.92. The number of nitrogens with one attached hydrogen (secondary N) is 2. The summed E-state index contributed by atoms with van der Waals surface area (Å²) in [6.45, 7) is 2.29. The first kappa shape index (κ1) is 24.3.